The van der Waals surface area contributed by atoms with Crippen LogP contribution in [0.3, 0.4) is 0 Å². The number of hydrogen-bond donors (Lipinski definition) is 0. The summed E-state index contributed by atoms with van der Waals surface area (Å²) in [5.41, 5.74) is 0.692. The molecule has 2 rings (SSSR count). The second kappa shape index (κ2) is 5.94. The Hall–Kier alpha value is -1.19. The largest absolute Gasteiger partial charge is 0.292 e. The van der Waals surface area contributed by atoms with Gasteiger partial charge in [-0.15, -0.1) is 5.10 Å². The third-order valence-electron chi connectivity index (χ3n) is 3.54. The molecule has 1 heterocycles. The van der Waals surface area contributed by atoms with E-state index in [2.05, 4.69) is 17.2 Å². The average molecular weight is 235 g/mol. The minimum atomic E-state index is 0.218. The van der Waals surface area contributed by atoms with E-state index in [1.165, 1.54) is 32.1 Å². The van der Waals surface area contributed by atoms with E-state index in [9.17, 15) is 4.79 Å². The van der Waals surface area contributed by atoms with E-state index in [1.807, 2.05) is 0 Å². The summed E-state index contributed by atoms with van der Waals surface area (Å²) in [6.45, 7) is 2.86. The molecule has 0 N–H and O–H groups in total. The number of aromatic nitrogens is 3. The second-order valence-electron chi connectivity index (χ2n) is 4.97. The SMILES string of the molecule is CCCn1nncc1C(=O)CC1CCCCC1. The summed E-state index contributed by atoms with van der Waals surface area (Å²) in [5.74, 6) is 0.802. The van der Waals surface area contributed by atoms with Gasteiger partial charge < -0.3 is 0 Å². The molecule has 0 bridgehead atoms. The first kappa shape index (κ1) is 12.3. The lowest BCUT2D eigenvalue weighted by Crippen LogP contribution is -2.16. The van der Waals surface area contributed by atoms with Crippen molar-refractivity contribution in [2.75, 3.05) is 0 Å². The first-order valence-electron chi connectivity index (χ1n) is 6.73. The average Bonchev–Trinajstić information content (AvgIpc) is 2.79. The van der Waals surface area contributed by atoms with Crippen molar-refractivity contribution < 1.29 is 4.79 Å². The van der Waals surface area contributed by atoms with Crippen molar-refractivity contribution in [2.45, 2.75) is 58.4 Å². The van der Waals surface area contributed by atoms with Crippen LogP contribution in [0.5, 0.6) is 0 Å². The van der Waals surface area contributed by atoms with Crippen molar-refractivity contribution in [3.8, 4) is 0 Å². The van der Waals surface area contributed by atoms with Gasteiger partial charge >= 0.3 is 0 Å². The molecule has 0 radical (unpaired) electrons. The highest BCUT2D eigenvalue weighted by Gasteiger charge is 2.20. The molecule has 94 valence electrons. The molecule has 0 amide bonds. The summed E-state index contributed by atoms with van der Waals surface area (Å²) in [6.07, 6.45) is 9.59. The van der Waals surface area contributed by atoms with E-state index in [0.29, 0.717) is 18.0 Å². The van der Waals surface area contributed by atoms with Crippen LogP contribution in [0.2, 0.25) is 0 Å². The molecule has 1 aliphatic rings. The molecule has 1 fully saturated rings. The maximum atomic E-state index is 12.2. The van der Waals surface area contributed by atoms with E-state index in [0.717, 1.165) is 13.0 Å². The molecule has 17 heavy (non-hydrogen) atoms. The Bertz CT molecular complexity index is 366. The molecule has 0 spiro atoms. The fourth-order valence-electron chi connectivity index (χ4n) is 2.61. The second-order valence-corrected chi connectivity index (χ2v) is 4.97. The van der Waals surface area contributed by atoms with Gasteiger partial charge in [-0.25, -0.2) is 4.68 Å². The van der Waals surface area contributed by atoms with Crippen LogP contribution in [0.4, 0.5) is 0 Å². The Labute approximate surface area is 102 Å². The molecular formula is C13H21N3O. The van der Waals surface area contributed by atoms with Crippen molar-refractivity contribution in [1.29, 1.82) is 0 Å². The molecular weight excluding hydrogens is 214 g/mol. The molecule has 1 saturated carbocycles. The van der Waals surface area contributed by atoms with Crippen LogP contribution < -0.4 is 0 Å². The lowest BCUT2D eigenvalue weighted by atomic mass is 9.85. The van der Waals surface area contributed by atoms with Gasteiger partial charge in [-0.2, -0.15) is 0 Å². The fraction of sp³-hybridized carbons (Fsp3) is 0.769. The molecule has 1 aromatic rings. The van der Waals surface area contributed by atoms with Gasteiger partial charge in [0, 0.05) is 13.0 Å². The zero-order valence-corrected chi connectivity index (χ0v) is 10.6. The van der Waals surface area contributed by atoms with Gasteiger partial charge in [0.15, 0.2) is 5.78 Å². The molecule has 0 aromatic carbocycles. The Morgan fingerprint density at radius 3 is 2.88 bits per heavy atom. The Morgan fingerprint density at radius 1 is 1.41 bits per heavy atom. The molecule has 1 aromatic heterocycles. The molecule has 4 heteroatoms. The number of rotatable bonds is 5. The Balaban J connectivity index is 1.96. The van der Waals surface area contributed by atoms with E-state index in [4.69, 9.17) is 0 Å². The van der Waals surface area contributed by atoms with Crippen LogP contribution in [0.25, 0.3) is 0 Å². The monoisotopic (exact) mass is 235 g/mol. The first-order chi connectivity index (χ1) is 8.31. The summed E-state index contributed by atoms with van der Waals surface area (Å²) in [5, 5.41) is 7.81. The summed E-state index contributed by atoms with van der Waals surface area (Å²) >= 11 is 0. The van der Waals surface area contributed by atoms with Crippen molar-refractivity contribution >= 4 is 5.78 Å². The highest BCUT2D eigenvalue weighted by Crippen LogP contribution is 2.27. The number of ketones is 1. The predicted octanol–water partition coefficient (Wildman–Crippen LogP) is 2.84. The topological polar surface area (TPSA) is 47.8 Å². The van der Waals surface area contributed by atoms with E-state index in [-0.39, 0.29) is 5.78 Å². The quantitative estimate of drug-likeness (QED) is 0.737. The number of Topliss-reactive ketones (excluding diaryl/α,β-unsaturated/α-hetero) is 1. The minimum absolute atomic E-state index is 0.218. The molecule has 4 nitrogen and oxygen atoms in total. The minimum Gasteiger partial charge on any atom is -0.292 e. The summed E-state index contributed by atoms with van der Waals surface area (Å²) in [6, 6.07) is 0. The van der Waals surface area contributed by atoms with E-state index in [1.54, 1.807) is 10.9 Å². The third kappa shape index (κ3) is 3.14. The normalized spacial score (nSPS) is 17.2. The molecule has 0 atom stereocenters. The van der Waals surface area contributed by atoms with Crippen molar-refractivity contribution in [1.82, 2.24) is 15.0 Å². The van der Waals surface area contributed by atoms with Gasteiger partial charge in [-0.05, 0) is 12.3 Å². The van der Waals surface area contributed by atoms with Crippen LogP contribution >= 0.6 is 0 Å². The van der Waals surface area contributed by atoms with Gasteiger partial charge in [0.1, 0.15) is 5.69 Å². The zero-order chi connectivity index (χ0) is 12.1. The van der Waals surface area contributed by atoms with Gasteiger partial charge in [0.2, 0.25) is 0 Å². The van der Waals surface area contributed by atoms with Crippen LogP contribution in [0.15, 0.2) is 6.20 Å². The number of carbonyl (C=O) groups excluding carboxylic acids is 1. The highest BCUT2D eigenvalue weighted by atomic mass is 16.1. The number of carbonyl (C=O) groups is 1. The lowest BCUT2D eigenvalue weighted by molar-refractivity contribution is 0.0939. The molecule has 0 unspecified atom stereocenters. The maximum Gasteiger partial charge on any atom is 0.182 e. The third-order valence-corrected chi connectivity index (χ3v) is 3.54. The lowest BCUT2D eigenvalue weighted by Gasteiger charge is -2.20. The molecule has 1 aliphatic carbocycles. The summed E-state index contributed by atoms with van der Waals surface area (Å²) in [7, 11) is 0. The maximum absolute atomic E-state index is 12.2. The zero-order valence-electron chi connectivity index (χ0n) is 10.6. The van der Waals surface area contributed by atoms with Crippen LogP contribution in [-0.2, 0) is 6.54 Å². The number of hydrogen-bond acceptors (Lipinski definition) is 3. The Kier molecular flexibility index (Phi) is 4.29. The highest BCUT2D eigenvalue weighted by molar-refractivity contribution is 5.94. The van der Waals surface area contributed by atoms with Crippen molar-refractivity contribution in [3.63, 3.8) is 0 Å². The Morgan fingerprint density at radius 2 is 2.18 bits per heavy atom. The fourth-order valence-corrected chi connectivity index (χ4v) is 2.61. The van der Waals surface area contributed by atoms with E-state index < -0.39 is 0 Å². The van der Waals surface area contributed by atoms with Gasteiger partial charge in [0.05, 0.1) is 6.20 Å². The van der Waals surface area contributed by atoms with Crippen molar-refractivity contribution in [3.05, 3.63) is 11.9 Å². The van der Waals surface area contributed by atoms with Gasteiger partial charge in [-0.1, -0.05) is 44.2 Å². The molecule has 0 aliphatic heterocycles. The van der Waals surface area contributed by atoms with Crippen LogP contribution in [0, 0.1) is 5.92 Å². The molecule has 0 saturated heterocycles. The van der Waals surface area contributed by atoms with Gasteiger partial charge in [-0.3, -0.25) is 4.79 Å². The number of nitrogens with zero attached hydrogens (tertiary/aromatic N) is 3. The smallest absolute Gasteiger partial charge is 0.182 e. The van der Waals surface area contributed by atoms with Crippen LogP contribution in [0.1, 0.15) is 62.4 Å². The summed E-state index contributed by atoms with van der Waals surface area (Å²) < 4.78 is 1.74. The predicted molar refractivity (Wildman–Crippen MR) is 65.8 cm³/mol. The van der Waals surface area contributed by atoms with Crippen LogP contribution in [-0.4, -0.2) is 20.8 Å². The number of aryl methyl sites for hydroxylation is 1. The van der Waals surface area contributed by atoms with E-state index >= 15 is 0 Å². The van der Waals surface area contributed by atoms with Gasteiger partial charge in [0.25, 0.3) is 0 Å². The van der Waals surface area contributed by atoms with Crippen molar-refractivity contribution in [2.24, 2.45) is 5.92 Å². The standard InChI is InChI=1S/C13H21N3O/c1-2-8-16-12(10-14-15-16)13(17)9-11-6-4-3-5-7-11/h10-11H,2-9H2,1H3. The summed E-state index contributed by atoms with van der Waals surface area (Å²) in [4.78, 5) is 12.2. The first-order valence-corrected chi connectivity index (χ1v) is 6.73.